The van der Waals surface area contributed by atoms with Crippen LogP contribution in [0.3, 0.4) is 0 Å². The molecule has 4 rings (SSSR count). The lowest BCUT2D eigenvalue weighted by Crippen LogP contribution is -2.48. The fourth-order valence-electron chi connectivity index (χ4n) is 3.79. The Morgan fingerprint density at radius 2 is 0.818 bits per heavy atom. The molecule has 0 aromatic heterocycles. The average molecular weight is 454 g/mol. The first-order chi connectivity index (χ1) is 15.9. The monoisotopic (exact) mass is 454 g/mol. The van der Waals surface area contributed by atoms with Gasteiger partial charge in [0, 0.05) is 0 Å². The van der Waals surface area contributed by atoms with E-state index in [2.05, 4.69) is 0 Å². The highest BCUT2D eigenvalue weighted by Crippen LogP contribution is 2.40. The summed E-state index contributed by atoms with van der Waals surface area (Å²) in [6, 6.07) is 25.4. The molecule has 1 N–H and O–H groups in total. The van der Waals surface area contributed by atoms with Gasteiger partial charge in [0.25, 0.3) is 0 Å². The van der Waals surface area contributed by atoms with Crippen molar-refractivity contribution >= 4 is 12.6 Å². The van der Waals surface area contributed by atoms with Crippen molar-refractivity contribution in [1.29, 1.82) is 0 Å². The van der Waals surface area contributed by atoms with Gasteiger partial charge in [-0.15, -0.1) is 0 Å². The van der Waals surface area contributed by atoms with Crippen molar-refractivity contribution in [2.24, 2.45) is 0 Å². The quantitative estimate of drug-likeness (QED) is 0.145. The van der Waals surface area contributed by atoms with Gasteiger partial charge in [-0.05, 0) is 16.7 Å². The van der Waals surface area contributed by atoms with Crippen molar-refractivity contribution in [2.75, 3.05) is 0 Å². The summed E-state index contributed by atoms with van der Waals surface area (Å²) in [6.07, 6.45) is 0. The van der Waals surface area contributed by atoms with Crippen molar-refractivity contribution in [3.8, 4) is 0 Å². The molecular weight excluding hydrogens is 438 g/mol. The highest BCUT2D eigenvalue weighted by Gasteiger charge is 2.44. The topological polar surface area (TPSA) is 29.5 Å². The van der Waals surface area contributed by atoms with Gasteiger partial charge in [-0.3, -0.25) is 0 Å². The highest BCUT2D eigenvalue weighted by atomic mass is 19.2. The molecule has 0 saturated heterocycles. The first-order valence-corrected chi connectivity index (χ1v) is 9.91. The molecular formula is C25H16BF5O2. The van der Waals surface area contributed by atoms with Gasteiger partial charge >= 0.3 is 7.12 Å². The first kappa shape index (κ1) is 22.7. The minimum atomic E-state index is -2.50. The van der Waals surface area contributed by atoms with Crippen LogP contribution in [-0.4, -0.2) is 12.1 Å². The molecule has 0 spiro atoms. The minimum Gasteiger partial charge on any atom is -0.423 e. The molecule has 0 saturated carbocycles. The van der Waals surface area contributed by atoms with Gasteiger partial charge in [0.05, 0.1) is 5.46 Å². The fourth-order valence-corrected chi connectivity index (χ4v) is 3.79. The van der Waals surface area contributed by atoms with Crippen LogP contribution in [0, 0.1) is 29.1 Å². The SMILES string of the molecule is OB(OC(c1ccccc1)(c1ccccc1)c1ccccc1)c1c(F)c(F)c(F)c(F)c1F. The summed E-state index contributed by atoms with van der Waals surface area (Å²) in [7, 11) is -2.50. The third-order valence-electron chi connectivity index (χ3n) is 5.32. The van der Waals surface area contributed by atoms with Crippen molar-refractivity contribution in [1.82, 2.24) is 0 Å². The van der Waals surface area contributed by atoms with Gasteiger partial charge < -0.3 is 9.68 Å². The Morgan fingerprint density at radius 1 is 0.515 bits per heavy atom. The van der Waals surface area contributed by atoms with Crippen molar-refractivity contribution in [3.63, 3.8) is 0 Å². The molecule has 0 atom stereocenters. The van der Waals surface area contributed by atoms with E-state index in [0.29, 0.717) is 16.7 Å². The Labute approximate surface area is 187 Å². The summed E-state index contributed by atoms with van der Waals surface area (Å²) in [6.45, 7) is 0. The molecule has 8 heteroatoms. The van der Waals surface area contributed by atoms with Crippen LogP contribution in [-0.2, 0) is 10.3 Å². The second-order valence-corrected chi connectivity index (χ2v) is 7.23. The van der Waals surface area contributed by atoms with Crippen LogP contribution in [0.15, 0.2) is 91.0 Å². The molecule has 0 aliphatic carbocycles. The van der Waals surface area contributed by atoms with Gasteiger partial charge in [0.2, 0.25) is 0 Å². The van der Waals surface area contributed by atoms with Crippen molar-refractivity contribution in [3.05, 3.63) is 137 Å². The fraction of sp³-hybridized carbons (Fsp3) is 0.0400. The van der Waals surface area contributed by atoms with Crippen LogP contribution in [0.5, 0.6) is 0 Å². The maximum atomic E-state index is 14.5. The Bertz CT molecular complexity index is 1130. The summed E-state index contributed by atoms with van der Waals surface area (Å²) in [5.74, 6) is -11.0. The van der Waals surface area contributed by atoms with Crippen LogP contribution < -0.4 is 5.46 Å². The number of benzene rings is 4. The van der Waals surface area contributed by atoms with E-state index in [1.165, 1.54) is 0 Å². The van der Waals surface area contributed by atoms with Gasteiger partial charge in [-0.1, -0.05) is 91.0 Å². The molecule has 0 aliphatic heterocycles. The molecule has 2 nitrogen and oxygen atoms in total. The standard InChI is InChI=1S/C25H16BF5O2/c27-20-19(21(28)23(30)24(31)22(20)29)26(32)33-25(16-10-4-1-5-11-16,17-12-6-2-7-13-17)18-14-8-3-9-15-18/h1-15,32H. The zero-order chi connectivity index (χ0) is 23.6. The summed E-state index contributed by atoms with van der Waals surface area (Å²) >= 11 is 0. The molecule has 0 bridgehead atoms. The van der Waals surface area contributed by atoms with Crippen LogP contribution in [0.2, 0.25) is 0 Å². The zero-order valence-electron chi connectivity index (χ0n) is 17.0. The van der Waals surface area contributed by atoms with Crippen LogP contribution >= 0.6 is 0 Å². The van der Waals surface area contributed by atoms with Crippen LogP contribution in [0.1, 0.15) is 16.7 Å². The Kier molecular flexibility index (Phi) is 6.31. The number of hydrogen-bond donors (Lipinski definition) is 1. The zero-order valence-corrected chi connectivity index (χ0v) is 17.0. The molecule has 0 amide bonds. The molecule has 0 aliphatic rings. The number of rotatable bonds is 6. The van der Waals surface area contributed by atoms with Gasteiger partial charge in [-0.25, -0.2) is 22.0 Å². The third kappa shape index (κ3) is 3.92. The van der Waals surface area contributed by atoms with E-state index < -0.39 is 47.3 Å². The van der Waals surface area contributed by atoms with Crippen LogP contribution in [0.25, 0.3) is 0 Å². The molecule has 0 heterocycles. The lowest BCUT2D eigenvalue weighted by molar-refractivity contribution is 0.128. The largest absolute Gasteiger partial charge is 0.498 e. The smallest absolute Gasteiger partial charge is 0.423 e. The number of hydrogen-bond acceptors (Lipinski definition) is 2. The second kappa shape index (κ2) is 9.17. The predicted molar refractivity (Wildman–Crippen MR) is 114 cm³/mol. The van der Waals surface area contributed by atoms with E-state index in [1.54, 1.807) is 91.0 Å². The first-order valence-electron chi connectivity index (χ1n) is 9.91. The molecule has 33 heavy (non-hydrogen) atoms. The van der Waals surface area contributed by atoms with E-state index in [-0.39, 0.29) is 0 Å². The molecule has 0 fully saturated rings. The maximum absolute atomic E-state index is 14.5. The summed E-state index contributed by atoms with van der Waals surface area (Å²) < 4.78 is 76.1. The van der Waals surface area contributed by atoms with E-state index in [1.807, 2.05) is 0 Å². The Morgan fingerprint density at radius 3 is 1.15 bits per heavy atom. The molecule has 166 valence electrons. The van der Waals surface area contributed by atoms with Crippen LogP contribution in [0.4, 0.5) is 22.0 Å². The molecule has 0 radical (unpaired) electrons. The highest BCUT2D eigenvalue weighted by molar-refractivity contribution is 6.60. The Hall–Kier alpha value is -3.49. The maximum Gasteiger partial charge on any atom is 0.498 e. The molecule has 0 unspecified atom stereocenters. The summed E-state index contributed by atoms with van der Waals surface area (Å²) in [4.78, 5) is 0. The second-order valence-electron chi connectivity index (χ2n) is 7.23. The Balaban J connectivity index is 1.98. The molecule has 4 aromatic carbocycles. The van der Waals surface area contributed by atoms with Gasteiger partial charge in [0.1, 0.15) is 5.60 Å². The van der Waals surface area contributed by atoms with E-state index in [4.69, 9.17) is 4.65 Å². The van der Waals surface area contributed by atoms with E-state index >= 15 is 0 Å². The minimum absolute atomic E-state index is 0.463. The normalized spacial score (nSPS) is 11.5. The lowest BCUT2D eigenvalue weighted by atomic mass is 9.73. The number of halogens is 5. The summed E-state index contributed by atoms with van der Waals surface area (Å²) in [5.41, 5.74) is -1.73. The van der Waals surface area contributed by atoms with Crippen molar-refractivity contribution < 1.29 is 31.6 Å². The van der Waals surface area contributed by atoms with Gasteiger partial charge in [-0.2, -0.15) is 0 Å². The summed E-state index contributed by atoms with van der Waals surface area (Å²) in [5, 5.41) is 10.8. The third-order valence-corrected chi connectivity index (χ3v) is 5.32. The lowest BCUT2D eigenvalue weighted by Gasteiger charge is -2.37. The van der Waals surface area contributed by atoms with Gasteiger partial charge in [0.15, 0.2) is 29.1 Å². The van der Waals surface area contributed by atoms with E-state index in [0.717, 1.165) is 0 Å². The predicted octanol–water partition coefficient (Wildman–Crippen LogP) is 5.08. The average Bonchev–Trinajstić information content (AvgIpc) is 2.86. The van der Waals surface area contributed by atoms with E-state index in [9.17, 15) is 27.0 Å². The molecule has 4 aromatic rings. The van der Waals surface area contributed by atoms with Crippen molar-refractivity contribution in [2.45, 2.75) is 5.60 Å².